The summed E-state index contributed by atoms with van der Waals surface area (Å²) in [4.78, 5) is 31.1. The van der Waals surface area contributed by atoms with E-state index in [9.17, 15) is 9.59 Å². The molecule has 1 aromatic heterocycles. The Bertz CT molecular complexity index is 1140. The van der Waals surface area contributed by atoms with E-state index in [2.05, 4.69) is 5.32 Å². The molecule has 0 fully saturated rings. The maximum absolute atomic E-state index is 13.2. The van der Waals surface area contributed by atoms with Crippen LogP contribution >= 0.6 is 23.5 Å². The molecule has 0 atom stereocenters. The van der Waals surface area contributed by atoms with Gasteiger partial charge >= 0.3 is 0 Å². The lowest BCUT2D eigenvalue weighted by atomic mass is 10.2. The molecule has 0 aliphatic carbocycles. The molecule has 2 heterocycles. The van der Waals surface area contributed by atoms with Crippen molar-refractivity contribution < 1.29 is 9.53 Å². The number of anilines is 1. The molecule has 1 aliphatic rings. The first-order chi connectivity index (χ1) is 15.0. The maximum Gasteiger partial charge on any atom is 0.272 e. The molecular formula is C23H23N3O3S2. The van der Waals surface area contributed by atoms with Crippen molar-refractivity contribution in [3.63, 3.8) is 0 Å². The average Bonchev–Trinajstić information content (AvgIpc) is 3.24. The van der Waals surface area contributed by atoms with Crippen molar-refractivity contribution in [2.75, 3.05) is 23.4 Å². The first-order valence-corrected chi connectivity index (χ1v) is 12.0. The Balaban J connectivity index is 1.59. The zero-order valence-electron chi connectivity index (χ0n) is 17.4. The molecule has 8 heteroatoms. The second-order valence-electron chi connectivity index (χ2n) is 7.04. The number of hydrogen-bond donors (Lipinski definition) is 1. The van der Waals surface area contributed by atoms with Crippen LogP contribution < -0.4 is 15.6 Å². The van der Waals surface area contributed by atoms with Gasteiger partial charge in [-0.3, -0.25) is 14.2 Å². The van der Waals surface area contributed by atoms with Crippen molar-refractivity contribution in [1.82, 2.24) is 9.55 Å². The number of carbonyl (C=O) groups is 1. The van der Waals surface area contributed by atoms with Crippen molar-refractivity contribution >= 4 is 35.1 Å². The van der Waals surface area contributed by atoms with Crippen molar-refractivity contribution in [3.8, 4) is 11.4 Å². The summed E-state index contributed by atoms with van der Waals surface area (Å²) >= 11 is 2.81. The summed E-state index contributed by atoms with van der Waals surface area (Å²) in [6, 6.07) is 15.0. The number of aryl methyl sites for hydroxylation is 2. The monoisotopic (exact) mass is 453 g/mol. The molecule has 3 aromatic rings. The second kappa shape index (κ2) is 9.62. The molecule has 0 bridgehead atoms. The Morgan fingerprint density at radius 2 is 1.94 bits per heavy atom. The average molecular weight is 454 g/mol. The highest BCUT2D eigenvalue weighted by Gasteiger charge is 2.23. The summed E-state index contributed by atoms with van der Waals surface area (Å²) in [5.41, 5.74) is 3.32. The minimum Gasteiger partial charge on any atom is -0.494 e. The molecule has 6 nitrogen and oxygen atoms in total. The zero-order chi connectivity index (χ0) is 21.8. The maximum atomic E-state index is 13.2. The number of ether oxygens (including phenoxy) is 1. The highest BCUT2D eigenvalue weighted by molar-refractivity contribution is 8.00. The summed E-state index contributed by atoms with van der Waals surface area (Å²) in [6.45, 7) is 4.50. The van der Waals surface area contributed by atoms with Crippen LogP contribution in [-0.4, -0.2) is 33.6 Å². The molecule has 1 amide bonds. The SMILES string of the molecule is CCOc1ccc(-n2c(SCC(=O)Nc3ccc(C)cc3)nc3c(c2=O)SCC3)cc1. The number of rotatable bonds is 7. The molecule has 0 saturated heterocycles. The van der Waals surface area contributed by atoms with Crippen LogP contribution in [0, 0.1) is 6.92 Å². The Kier molecular flexibility index (Phi) is 6.67. The molecule has 4 rings (SSSR count). The van der Waals surface area contributed by atoms with E-state index >= 15 is 0 Å². The highest BCUT2D eigenvalue weighted by atomic mass is 32.2. The van der Waals surface area contributed by atoms with Crippen LogP contribution in [0.25, 0.3) is 5.69 Å². The minimum absolute atomic E-state index is 0.0851. The third kappa shape index (κ3) is 4.97. The first kappa shape index (κ1) is 21.5. The van der Waals surface area contributed by atoms with Gasteiger partial charge in [0.1, 0.15) is 5.75 Å². The summed E-state index contributed by atoms with van der Waals surface area (Å²) in [7, 11) is 0. The largest absolute Gasteiger partial charge is 0.494 e. The minimum atomic E-state index is -0.142. The van der Waals surface area contributed by atoms with E-state index in [1.807, 2.05) is 62.4 Å². The van der Waals surface area contributed by atoms with E-state index < -0.39 is 0 Å². The van der Waals surface area contributed by atoms with Gasteiger partial charge in [0, 0.05) is 17.9 Å². The molecule has 0 saturated carbocycles. The summed E-state index contributed by atoms with van der Waals surface area (Å²) in [6.07, 6.45) is 0.766. The van der Waals surface area contributed by atoms with Gasteiger partial charge in [-0.2, -0.15) is 0 Å². The first-order valence-electron chi connectivity index (χ1n) is 10.1. The Morgan fingerprint density at radius 1 is 1.19 bits per heavy atom. The van der Waals surface area contributed by atoms with Gasteiger partial charge in [0.15, 0.2) is 5.16 Å². The van der Waals surface area contributed by atoms with Crippen molar-refractivity contribution in [2.24, 2.45) is 0 Å². The summed E-state index contributed by atoms with van der Waals surface area (Å²) < 4.78 is 7.10. The van der Waals surface area contributed by atoms with Crippen LogP contribution in [0.15, 0.2) is 63.4 Å². The van der Waals surface area contributed by atoms with Gasteiger partial charge in [-0.1, -0.05) is 29.5 Å². The Hall–Kier alpha value is -2.71. The zero-order valence-corrected chi connectivity index (χ0v) is 19.0. The highest BCUT2D eigenvalue weighted by Crippen LogP contribution is 2.30. The molecule has 160 valence electrons. The van der Waals surface area contributed by atoms with Gasteiger partial charge < -0.3 is 10.1 Å². The van der Waals surface area contributed by atoms with Gasteiger partial charge in [-0.15, -0.1) is 11.8 Å². The predicted octanol–water partition coefficient (Wildman–Crippen LogP) is 4.32. The number of benzene rings is 2. The van der Waals surface area contributed by atoms with Gasteiger partial charge in [-0.25, -0.2) is 4.98 Å². The number of carbonyl (C=O) groups excluding carboxylic acids is 1. The number of hydrogen-bond acceptors (Lipinski definition) is 6. The number of amides is 1. The molecule has 0 spiro atoms. The summed E-state index contributed by atoms with van der Waals surface area (Å²) in [5, 5.41) is 3.41. The summed E-state index contributed by atoms with van der Waals surface area (Å²) in [5.74, 6) is 1.61. The number of aromatic nitrogens is 2. The number of fused-ring (bicyclic) bond motifs is 1. The van der Waals surface area contributed by atoms with Crippen LogP contribution in [0.3, 0.4) is 0 Å². The molecule has 1 aliphatic heterocycles. The Morgan fingerprint density at radius 3 is 2.65 bits per heavy atom. The van der Waals surface area contributed by atoms with Crippen molar-refractivity contribution in [2.45, 2.75) is 30.3 Å². The lowest BCUT2D eigenvalue weighted by Gasteiger charge is -2.14. The number of nitrogens with one attached hydrogen (secondary N) is 1. The van der Waals surface area contributed by atoms with Gasteiger partial charge in [-0.05, 0) is 50.2 Å². The fourth-order valence-electron chi connectivity index (χ4n) is 3.24. The quantitative estimate of drug-likeness (QED) is 0.424. The molecular weight excluding hydrogens is 430 g/mol. The molecule has 0 unspecified atom stereocenters. The normalized spacial score (nSPS) is 12.5. The number of nitrogens with zero attached hydrogens (tertiary/aromatic N) is 2. The van der Waals surface area contributed by atoms with Gasteiger partial charge in [0.2, 0.25) is 5.91 Å². The van der Waals surface area contributed by atoms with E-state index in [1.54, 1.807) is 16.3 Å². The third-order valence-corrected chi connectivity index (χ3v) is 6.79. The lowest BCUT2D eigenvalue weighted by molar-refractivity contribution is -0.113. The lowest BCUT2D eigenvalue weighted by Crippen LogP contribution is -2.24. The molecule has 31 heavy (non-hydrogen) atoms. The topological polar surface area (TPSA) is 73.2 Å². The molecule has 0 radical (unpaired) electrons. The van der Waals surface area contributed by atoms with Crippen molar-refractivity contribution in [1.29, 1.82) is 0 Å². The van der Waals surface area contributed by atoms with Crippen LogP contribution in [0.4, 0.5) is 5.69 Å². The van der Waals surface area contributed by atoms with Crippen molar-refractivity contribution in [3.05, 3.63) is 70.1 Å². The van der Waals surface area contributed by atoms with Gasteiger partial charge in [0.25, 0.3) is 5.56 Å². The van der Waals surface area contributed by atoms with E-state index in [1.165, 1.54) is 11.8 Å². The molecule has 2 aromatic carbocycles. The van der Waals surface area contributed by atoms with Crippen LogP contribution in [0.1, 0.15) is 18.2 Å². The van der Waals surface area contributed by atoms with Crippen LogP contribution in [0.5, 0.6) is 5.75 Å². The Labute approximate surface area is 189 Å². The fourth-order valence-corrected chi connectivity index (χ4v) is 5.09. The predicted molar refractivity (Wildman–Crippen MR) is 126 cm³/mol. The van der Waals surface area contributed by atoms with E-state index in [0.29, 0.717) is 22.3 Å². The van der Waals surface area contributed by atoms with E-state index in [-0.39, 0.29) is 17.2 Å². The molecule has 1 N–H and O–H groups in total. The van der Waals surface area contributed by atoms with Crippen LogP contribution in [-0.2, 0) is 11.2 Å². The second-order valence-corrected chi connectivity index (χ2v) is 9.09. The van der Waals surface area contributed by atoms with E-state index in [4.69, 9.17) is 9.72 Å². The van der Waals surface area contributed by atoms with Crippen LogP contribution in [0.2, 0.25) is 0 Å². The smallest absolute Gasteiger partial charge is 0.272 e. The standard InChI is InChI=1S/C23H23N3O3S2/c1-3-29-18-10-8-17(9-11-18)26-22(28)21-19(12-13-30-21)25-23(26)31-14-20(27)24-16-6-4-15(2)5-7-16/h4-11H,3,12-14H2,1-2H3,(H,24,27). The van der Waals surface area contributed by atoms with E-state index in [0.717, 1.165) is 34.9 Å². The fraction of sp³-hybridized carbons (Fsp3) is 0.261. The third-order valence-electron chi connectivity index (χ3n) is 4.74. The van der Waals surface area contributed by atoms with Gasteiger partial charge in [0.05, 0.1) is 28.6 Å². The number of thioether (sulfide) groups is 2.